The van der Waals surface area contributed by atoms with Gasteiger partial charge in [-0.15, -0.1) is 0 Å². The Labute approximate surface area is 179 Å². The summed E-state index contributed by atoms with van der Waals surface area (Å²) in [6.45, 7) is 0.303. The number of hydrogen-bond acceptors (Lipinski definition) is 5. The van der Waals surface area contributed by atoms with E-state index >= 15 is 0 Å². The standard InChI is InChI=1S/C20H23BrN2O5S/c1-27-16-11-15(12-17(13-16)28-2)22-20(24)19-5-3-4-10-23(19)29(25,26)18-8-6-14(21)7-9-18/h6-9,11-13,19H,3-5,10H2,1-2H3,(H,22,24). The van der Waals surface area contributed by atoms with Crippen LogP contribution in [0.2, 0.25) is 0 Å². The van der Waals surface area contributed by atoms with Crippen LogP contribution in [0.1, 0.15) is 19.3 Å². The van der Waals surface area contributed by atoms with Crippen LogP contribution in [0.5, 0.6) is 11.5 Å². The summed E-state index contributed by atoms with van der Waals surface area (Å²) in [5.41, 5.74) is 0.484. The molecule has 1 aliphatic heterocycles. The zero-order valence-electron chi connectivity index (χ0n) is 16.2. The van der Waals surface area contributed by atoms with E-state index in [1.54, 1.807) is 30.3 Å². The van der Waals surface area contributed by atoms with Crippen LogP contribution in [0.25, 0.3) is 0 Å². The molecule has 29 heavy (non-hydrogen) atoms. The molecule has 1 unspecified atom stereocenters. The Balaban J connectivity index is 1.86. The Morgan fingerprint density at radius 2 is 1.69 bits per heavy atom. The van der Waals surface area contributed by atoms with Crippen molar-refractivity contribution in [3.63, 3.8) is 0 Å². The molecule has 0 bridgehead atoms. The molecule has 1 aliphatic rings. The van der Waals surface area contributed by atoms with Crippen molar-refractivity contribution in [3.8, 4) is 11.5 Å². The summed E-state index contributed by atoms with van der Waals surface area (Å²) in [5, 5.41) is 2.81. The summed E-state index contributed by atoms with van der Waals surface area (Å²) in [6.07, 6.45) is 1.96. The summed E-state index contributed by atoms with van der Waals surface area (Å²) in [4.78, 5) is 13.2. The minimum Gasteiger partial charge on any atom is -0.497 e. The van der Waals surface area contributed by atoms with Crippen LogP contribution in [0, 0.1) is 0 Å². The second-order valence-corrected chi connectivity index (χ2v) is 9.48. The molecular formula is C20H23BrN2O5S. The zero-order valence-corrected chi connectivity index (χ0v) is 18.6. The number of hydrogen-bond donors (Lipinski definition) is 1. The highest BCUT2D eigenvalue weighted by Gasteiger charge is 2.37. The molecular weight excluding hydrogens is 460 g/mol. The lowest BCUT2D eigenvalue weighted by Gasteiger charge is -2.33. The molecule has 0 spiro atoms. The number of piperidine rings is 1. The zero-order chi connectivity index (χ0) is 21.0. The molecule has 1 atom stereocenters. The van der Waals surface area contributed by atoms with E-state index < -0.39 is 16.1 Å². The molecule has 0 radical (unpaired) electrons. The van der Waals surface area contributed by atoms with Gasteiger partial charge in [-0.3, -0.25) is 4.79 Å². The fourth-order valence-corrected chi connectivity index (χ4v) is 5.22. The third-order valence-electron chi connectivity index (χ3n) is 4.80. The molecule has 156 valence electrons. The van der Waals surface area contributed by atoms with E-state index in [-0.39, 0.29) is 10.8 Å². The molecule has 7 nitrogen and oxygen atoms in total. The van der Waals surface area contributed by atoms with Crippen LogP contribution in [0.3, 0.4) is 0 Å². The van der Waals surface area contributed by atoms with Crippen LogP contribution < -0.4 is 14.8 Å². The molecule has 0 aliphatic carbocycles. The van der Waals surface area contributed by atoms with E-state index in [2.05, 4.69) is 21.2 Å². The van der Waals surface area contributed by atoms with Crippen molar-refractivity contribution >= 4 is 37.5 Å². The summed E-state index contributed by atoms with van der Waals surface area (Å²) in [5.74, 6) is 0.686. The first-order valence-corrected chi connectivity index (χ1v) is 11.4. The van der Waals surface area contributed by atoms with E-state index in [0.29, 0.717) is 36.6 Å². The number of halogens is 1. The third-order valence-corrected chi connectivity index (χ3v) is 7.25. The fraction of sp³-hybridized carbons (Fsp3) is 0.350. The molecule has 1 N–H and O–H groups in total. The summed E-state index contributed by atoms with van der Waals surface area (Å²) in [7, 11) is -0.745. The maximum absolute atomic E-state index is 13.2. The second kappa shape index (κ2) is 9.15. The smallest absolute Gasteiger partial charge is 0.243 e. The average molecular weight is 483 g/mol. The van der Waals surface area contributed by atoms with Gasteiger partial charge in [-0.2, -0.15) is 4.31 Å². The Bertz CT molecular complexity index is 957. The number of sulfonamides is 1. The first-order valence-electron chi connectivity index (χ1n) is 9.16. The summed E-state index contributed by atoms with van der Waals surface area (Å²) >= 11 is 3.31. The van der Waals surface area contributed by atoms with Crippen molar-refractivity contribution in [2.45, 2.75) is 30.2 Å². The lowest BCUT2D eigenvalue weighted by atomic mass is 10.0. The van der Waals surface area contributed by atoms with E-state index in [1.165, 1.54) is 30.7 Å². The van der Waals surface area contributed by atoms with Crippen LogP contribution >= 0.6 is 15.9 Å². The normalized spacial score (nSPS) is 17.6. The number of amides is 1. The van der Waals surface area contributed by atoms with Gasteiger partial charge in [0.05, 0.1) is 19.1 Å². The highest BCUT2D eigenvalue weighted by Crippen LogP contribution is 2.29. The molecule has 1 heterocycles. The topological polar surface area (TPSA) is 84.9 Å². The molecule has 9 heteroatoms. The van der Waals surface area contributed by atoms with Gasteiger partial charge in [0.25, 0.3) is 0 Å². The highest BCUT2D eigenvalue weighted by atomic mass is 79.9. The molecule has 1 amide bonds. The molecule has 0 aromatic heterocycles. The average Bonchev–Trinajstić information content (AvgIpc) is 2.73. The van der Waals surface area contributed by atoms with Crippen LogP contribution in [-0.2, 0) is 14.8 Å². The molecule has 2 aromatic carbocycles. The monoisotopic (exact) mass is 482 g/mol. The molecule has 1 fully saturated rings. The number of nitrogens with one attached hydrogen (secondary N) is 1. The highest BCUT2D eigenvalue weighted by molar-refractivity contribution is 9.10. The van der Waals surface area contributed by atoms with Crippen LogP contribution in [0.15, 0.2) is 51.8 Å². The number of carbonyl (C=O) groups is 1. The summed E-state index contributed by atoms with van der Waals surface area (Å²) < 4.78 is 38.9. The number of benzene rings is 2. The number of anilines is 1. The maximum atomic E-state index is 13.2. The minimum atomic E-state index is -3.79. The number of carbonyl (C=O) groups excluding carboxylic acids is 1. The van der Waals surface area contributed by atoms with E-state index in [0.717, 1.165) is 10.9 Å². The van der Waals surface area contributed by atoms with Crippen LogP contribution in [0.4, 0.5) is 5.69 Å². The Morgan fingerprint density at radius 3 is 2.28 bits per heavy atom. The molecule has 2 aromatic rings. The Kier molecular flexibility index (Phi) is 6.81. The second-order valence-electron chi connectivity index (χ2n) is 6.67. The van der Waals surface area contributed by atoms with Gasteiger partial charge in [0, 0.05) is 34.9 Å². The van der Waals surface area contributed by atoms with Gasteiger partial charge in [-0.1, -0.05) is 22.4 Å². The molecule has 1 saturated heterocycles. The van der Waals surface area contributed by atoms with Crippen molar-refractivity contribution in [3.05, 3.63) is 46.9 Å². The maximum Gasteiger partial charge on any atom is 0.243 e. The van der Waals surface area contributed by atoms with Crippen molar-refractivity contribution in [2.75, 3.05) is 26.1 Å². The van der Waals surface area contributed by atoms with Gasteiger partial charge < -0.3 is 14.8 Å². The van der Waals surface area contributed by atoms with Gasteiger partial charge >= 0.3 is 0 Å². The van der Waals surface area contributed by atoms with Gasteiger partial charge in [0.15, 0.2) is 0 Å². The van der Waals surface area contributed by atoms with Crippen LogP contribution in [-0.4, -0.2) is 45.4 Å². The summed E-state index contributed by atoms with van der Waals surface area (Å²) in [6, 6.07) is 10.7. The van der Waals surface area contributed by atoms with Gasteiger partial charge in [0.2, 0.25) is 15.9 Å². The van der Waals surface area contributed by atoms with Crippen molar-refractivity contribution in [2.24, 2.45) is 0 Å². The predicted molar refractivity (Wildman–Crippen MR) is 114 cm³/mol. The molecule has 0 saturated carbocycles. The number of rotatable bonds is 6. The number of methoxy groups -OCH3 is 2. The van der Waals surface area contributed by atoms with E-state index in [4.69, 9.17) is 9.47 Å². The number of ether oxygens (including phenoxy) is 2. The Hall–Kier alpha value is -2.10. The quantitative estimate of drug-likeness (QED) is 0.678. The predicted octanol–water partition coefficient (Wildman–Crippen LogP) is 3.65. The van der Waals surface area contributed by atoms with Crippen molar-refractivity contribution < 1.29 is 22.7 Å². The lowest BCUT2D eigenvalue weighted by Crippen LogP contribution is -2.49. The first-order chi connectivity index (χ1) is 13.8. The first kappa shape index (κ1) is 21.6. The SMILES string of the molecule is COc1cc(NC(=O)C2CCCCN2S(=O)(=O)c2ccc(Br)cc2)cc(OC)c1. The minimum absolute atomic E-state index is 0.170. The van der Waals surface area contributed by atoms with E-state index in [1.807, 2.05) is 0 Å². The fourth-order valence-electron chi connectivity index (χ4n) is 3.30. The molecule has 3 rings (SSSR count). The van der Waals surface area contributed by atoms with Crippen molar-refractivity contribution in [1.29, 1.82) is 0 Å². The third kappa shape index (κ3) is 4.91. The number of nitrogens with zero attached hydrogens (tertiary/aromatic N) is 1. The van der Waals surface area contributed by atoms with Gasteiger partial charge in [-0.25, -0.2) is 8.42 Å². The van der Waals surface area contributed by atoms with Gasteiger partial charge in [-0.05, 0) is 37.1 Å². The van der Waals surface area contributed by atoms with E-state index in [9.17, 15) is 13.2 Å². The largest absolute Gasteiger partial charge is 0.497 e. The van der Waals surface area contributed by atoms with Crippen molar-refractivity contribution in [1.82, 2.24) is 4.31 Å². The van der Waals surface area contributed by atoms with Gasteiger partial charge in [0.1, 0.15) is 17.5 Å². The Morgan fingerprint density at radius 1 is 1.07 bits per heavy atom. The lowest BCUT2D eigenvalue weighted by molar-refractivity contribution is -0.120.